The number of nitrogen functional groups attached to an aromatic ring is 1. The summed E-state index contributed by atoms with van der Waals surface area (Å²) in [6, 6.07) is 7.21. The lowest BCUT2D eigenvalue weighted by Gasteiger charge is -2.31. The van der Waals surface area contributed by atoms with Gasteiger partial charge in [0.15, 0.2) is 0 Å². The molecule has 0 bridgehead atoms. The molecule has 24 heavy (non-hydrogen) atoms. The fourth-order valence-electron chi connectivity index (χ4n) is 3.03. The van der Waals surface area contributed by atoms with Gasteiger partial charge in [-0.1, -0.05) is 6.07 Å². The second-order valence-electron chi connectivity index (χ2n) is 5.82. The number of aryl methyl sites for hydroxylation is 1. The molecule has 0 aliphatic carbocycles. The van der Waals surface area contributed by atoms with Gasteiger partial charge in [0.25, 0.3) is 5.91 Å². The molecule has 7 heteroatoms. The van der Waals surface area contributed by atoms with Crippen LogP contribution in [0.25, 0.3) is 0 Å². The Bertz CT molecular complexity index is 666. The van der Waals surface area contributed by atoms with Crippen molar-refractivity contribution in [2.24, 2.45) is 0 Å². The highest BCUT2D eigenvalue weighted by atomic mass is 35.5. The minimum Gasteiger partial charge on any atom is -0.399 e. The Morgan fingerprint density at radius 1 is 1.29 bits per heavy atom. The summed E-state index contributed by atoms with van der Waals surface area (Å²) < 4.78 is 1.96. The quantitative estimate of drug-likeness (QED) is 0.842. The van der Waals surface area contributed by atoms with Crippen LogP contribution in [-0.4, -0.2) is 33.7 Å². The van der Waals surface area contributed by atoms with Crippen LogP contribution in [0.3, 0.4) is 0 Å². The summed E-state index contributed by atoms with van der Waals surface area (Å²) in [7, 11) is 0. The molecule has 1 aromatic carbocycles. The topological polar surface area (TPSA) is 64.2 Å². The number of halogens is 2. The third-order valence-electron chi connectivity index (χ3n) is 4.36. The first-order valence-electron chi connectivity index (χ1n) is 7.84. The number of hydrogen-bond acceptors (Lipinski definition) is 3. The van der Waals surface area contributed by atoms with Crippen molar-refractivity contribution in [3.8, 4) is 0 Å². The molecule has 1 aliphatic rings. The van der Waals surface area contributed by atoms with Crippen LogP contribution in [0, 0.1) is 0 Å². The summed E-state index contributed by atoms with van der Waals surface area (Å²) >= 11 is 0. The first-order valence-corrected chi connectivity index (χ1v) is 7.84. The zero-order chi connectivity index (χ0) is 15.5. The van der Waals surface area contributed by atoms with E-state index in [1.165, 1.54) is 5.56 Å². The molecule has 0 saturated carbocycles. The Morgan fingerprint density at radius 3 is 2.58 bits per heavy atom. The number of aromatic nitrogens is 2. The molecule has 2 aromatic rings. The van der Waals surface area contributed by atoms with Crippen LogP contribution in [0.5, 0.6) is 0 Å². The van der Waals surface area contributed by atoms with E-state index in [2.05, 4.69) is 18.2 Å². The number of nitrogens with two attached hydrogens (primary N) is 1. The highest BCUT2D eigenvalue weighted by molar-refractivity contribution is 5.95. The van der Waals surface area contributed by atoms with Crippen molar-refractivity contribution in [1.82, 2.24) is 14.7 Å². The number of likely N-dealkylation sites (tertiary alicyclic amines) is 1. The molecule has 1 fully saturated rings. The van der Waals surface area contributed by atoms with E-state index < -0.39 is 0 Å². The molecular formula is C17H24Cl2N4O. The van der Waals surface area contributed by atoms with Crippen molar-refractivity contribution in [3.05, 3.63) is 47.8 Å². The molecule has 132 valence electrons. The molecule has 2 heterocycles. The molecule has 5 nitrogen and oxygen atoms in total. The van der Waals surface area contributed by atoms with Crippen LogP contribution in [0.15, 0.2) is 36.7 Å². The van der Waals surface area contributed by atoms with Crippen LogP contribution in [0.2, 0.25) is 0 Å². The predicted molar refractivity (Wildman–Crippen MR) is 101 cm³/mol. The maximum atomic E-state index is 12.5. The third kappa shape index (κ3) is 4.42. The van der Waals surface area contributed by atoms with E-state index in [9.17, 15) is 4.79 Å². The van der Waals surface area contributed by atoms with Gasteiger partial charge in [0.1, 0.15) is 0 Å². The Labute approximate surface area is 155 Å². The summed E-state index contributed by atoms with van der Waals surface area (Å²) in [5, 5.41) is 4.34. The minimum atomic E-state index is 0. The van der Waals surface area contributed by atoms with Crippen molar-refractivity contribution < 1.29 is 4.79 Å². The van der Waals surface area contributed by atoms with Gasteiger partial charge in [-0.3, -0.25) is 9.48 Å². The Kier molecular flexibility index (Phi) is 7.58. The van der Waals surface area contributed by atoms with Crippen LogP contribution in [0.4, 0.5) is 5.69 Å². The first kappa shape index (κ1) is 20.3. The predicted octanol–water partition coefficient (Wildman–Crippen LogP) is 3.35. The molecule has 1 aromatic heterocycles. The molecule has 0 unspecified atom stereocenters. The van der Waals surface area contributed by atoms with Gasteiger partial charge in [-0.2, -0.15) is 5.10 Å². The number of amides is 1. The summed E-state index contributed by atoms with van der Waals surface area (Å²) in [6.45, 7) is 4.56. The average molecular weight is 371 g/mol. The Hall–Kier alpha value is -1.72. The van der Waals surface area contributed by atoms with Crippen LogP contribution < -0.4 is 5.73 Å². The smallest absolute Gasteiger partial charge is 0.253 e. The molecule has 0 atom stereocenters. The molecular weight excluding hydrogens is 347 g/mol. The van der Waals surface area contributed by atoms with Crippen molar-refractivity contribution in [1.29, 1.82) is 0 Å². The zero-order valence-corrected chi connectivity index (χ0v) is 15.4. The van der Waals surface area contributed by atoms with E-state index >= 15 is 0 Å². The first-order chi connectivity index (χ1) is 10.7. The number of carbonyl (C=O) groups is 1. The monoisotopic (exact) mass is 370 g/mol. The standard InChI is InChI=1S/C17H22N4O.2ClH/c1-2-21-12-15(11-19-21)13-6-8-20(9-7-13)17(22)14-4-3-5-16(18)10-14;;/h3-5,10-13H,2,6-9,18H2,1H3;2*1H. The lowest BCUT2D eigenvalue weighted by molar-refractivity contribution is 0.0713. The summed E-state index contributed by atoms with van der Waals surface area (Å²) in [5.41, 5.74) is 8.36. The molecule has 1 saturated heterocycles. The molecule has 3 rings (SSSR count). The van der Waals surface area contributed by atoms with E-state index in [0.717, 1.165) is 32.5 Å². The van der Waals surface area contributed by atoms with Crippen molar-refractivity contribution in [2.45, 2.75) is 32.2 Å². The van der Waals surface area contributed by atoms with Crippen molar-refractivity contribution in [2.75, 3.05) is 18.8 Å². The number of piperidine rings is 1. The van der Waals surface area contributed by atoms with Gasteiger partial charge in [-0.15, -0.1) is 24.8 Å². The van der Waals surface area contributed by atoms with Gasteiger partial charge in [0, 0.05) is 37.1 Å². The van der Waals surface area contributed by atoms with Crippen molar-refractivity contribution in [3.63, 3.8) is 0 Å². The number of nitrogens with zero attached hydrogens (tertiary/aromatic N) is 3. The average Bonchev–Trinajstić information content (AvgIpc) is 3.03. The summed E-state index contributed by atoms with van der Waals surface area (Å²) in [6.07, 6.45) is 6.07. The fourth-order valence-corrected chi connectivity index (χ4v) is 3.03. The van der Waals surface area contributed by atoms with E-state index in [-0.39, 0.29) is 30.7 Å². The van der Waals surface area contributed by atoms with Gasteiger partial charge in [-0.05, 0) is 49.4 Å². The fraction of sp³-hybridized carbons (Fsp3) is 0.412. The number of anilines is 1. The van der Waals surface area contributed by atoms with Gasteiger partial charge < -0.3 is 10.6 Å². The molecule has 0 radical (unpaired) electrons. The number of rotatable bonds is 3. The highest BCUT2D eigenvalue weighted by Gasteiger charge is 2.25. The molecule has 1 aliphatic heterocycles. The maximum Gasteiger partial charge on any atom is 0.253 e. The van der Waals surface area contributed by atoms with Gasteiger partial charge >= 0.3 is 0 Å². The van der Waals surface area contributed by atoms with Crippen LogP contribution >= 0.6 is 24.8 Å². The number of carbonyl (C=O) groups excluding carboxylic acids is 1. The van der Waals surface area contributed by atoms with E-state index in [4.69, 9.17) is 5.73 Å². The summed E-state index contributed by atoms with van der Waals surface area (Å²) in [5.74, 6) is 0.584. The lowest BCUT2D eigenvalue weighted by atomic mass is 9.91. The number of hydrogen-bond donors (Lipinski definition) is 1. The van der Waals surface area contributed by atoms with E-state index in [1.54, 1.807) is 12.1 Å². The maximum absolute atomic E-state index is 12.5. The largest absolute Gasteiger partial charge is 0.399 e. The second-order valence-corrected chi connectivity index (χ2v) is 5.82. The van der Waals surface area contributed by atoms with Crippen molar-refractivity contribution >= 4 is 36.4 Å². The van der Waals surface area contributed by atoms with Gasteiger partial charge in [-0.25, -0.2) is 0 Å². The molecule has 2 N–H and O–H groups in total. The number of benzene rings is 1. The van der Waals surface area contributed by atoms with Gasteiger partial charge in [0.05, 0.1) is 6.20 Å². The van der Waals surface area contributed by atoms with E-state index in [1.807, 2.05) is 27.9 Å². The van der Waals surface area contributed by atoms with Crippen LogP contribution in [0.1, 0.15) is 41.6 Å². The van der Waals surface area contributed by atoms with E-state index in [0.29, 0.717) is 17.2 Å². The normalized spacial score (nSPS) is 14.6. The Morgan fingerprint density at radius 2 is 2.00 bits per heavy atom. The summed E-state index contributed by atoms with van der Waals surface area (Å²) in [4.78, 5) is 14.4. The zero-order valence-electron chi connectivity index (χ0n) is 13.7. The van der Waals surface area contributed by atoms with Crippen LogP contribution in [-0.2, 0) is 6.54 Å². The Balaban J connectivity index is 0.00000144. The lowest BCUT2D eigenvalue weighted by Crippen LogP contribution is -2.37. The SMILES string of the molecule is CCn1cc(C2CCN(C(=O)c3cccc(N)c3)CC2)cn1.Cl.Cl. The molecule has 1 amide bonds. The molecule has 0 spiro atoms. The minimum absolute atomic E-state index is 0. The van der Waals surface area contributed by atoms with Gasteiger partial charge in [0.2, 0.25) is 0 Å². The third-order valence-corrected chi connectivity index (χ3v) is 4.36. The highest BCUT2D eigenvalue weighted by Crippen LogP contribution is 2.28. The second kappa shape index (κ2) is 8.94.